The van der Waals surface area contributed by atoms with E-state index >= 15 is 0 Å². The van der Waals surface area contributed by atoms with E-state index in [0.717, 1.165) is 11.1 Å². The largest absolute Gasteiger partial charge is 0.496 e. The van der Waals surface area contributed by atoms with Crippen molar-refractivity contribution in [3.8, 4) is 17.2 Å². The van der Waals surface area contributed by atoms with Crippen LogP contribution >= 0.6 is 0 Å². The fourth-order valence-corrected chi connectivity index (χ4v) is 3.18. The van der Waals surface area contributed by atoms with Gasteiger partial charge in [0, 0.05) is 23.9 Å². The smallest absolute Gasteiger partial charge is 0.387 e. The summed E-state index contributed by atoms with van der Waals surface area (Å²) in [6.45, 7) is -1.16. The minimum atomic E-state index is -2.85. The van der Waals surface area contributed by atoms with Gasteiger partial charge in [-0.25, -0.2) is 4.98 Å². The molecule has 4 aromatic rings. The van der Waals surface area contributed by atoms with E-state index in [0.29, 0.717) is 42.8 Å². The van der Waals surface area contributed by atoms with Gasteiger partial charge in [-0.05, 0) is 35.9 Å². The summed E-state index contributed by atoms with van der Waals surface area (Å²) in [5.41, 5.74) is 2.28. The molecule has 0 atom stereocenters. The highest BCUT2D eigenvalue weighted by Gasteiger charge is 2.08. The zero-order valence-corrected chi connectivity index (χ0v) is 19.4. The maximum Gasteiger partial charge on any atom is 0.387 e. The molecule has 2 heterocycles. The van der Waals surface area contributed by atoms with Gasteiger partial charge in [0.15, 0.2) is 0 Å². The lowest BCUT2D eigenvalue weighted by Gasteiger charge is -2.12. The SMILES string of the molecule is COc1cc(OCc2coc(/C=C/c3ccc(OC(F)F)cc3)n2)ccc1COCCn1ccnn1. The fraction of sp³-hybridized carbons (Fsp3) is 0.240. The summed E-state index contributed by atoms with van der Waals surface area (Å²) in [5, 5.41) is 7.65. The molecular formula is C25H24F2N4O5. The highest BCUT2D eigenvalue weighted by Crippen LogP contribution is 2.26. The van der Waals surface area contributed by atoms with Crippen LogP contribution in [0, 0.1) is 0 Å². The van der Waals surface area contributed by atoms with Gasteiger partial charge in [0.2, 0.25) is 5.89 Å². The molecule has 4 rings (SSSR count). The highest BCUT2D eigenvalue weighted by atomic mass is 19.3. The van der Waals surface area contributed by atoms with Crippen LogP contribution in [0.1, 0.15) is 22.7 Å². The Morgan fingerprint density at radius 3 is 2.64 bits per heavy atom. The summed E-state index contributed by atoms with van der Waals surface area (Å²) >= 11 is 0. The number of methoxy groups -OCH3 is 1. The van der Waals surface area contributed by atoms with E-state index in [-0.39, 0.29) is 12.4 Å². The number of aromatic nitrogens is 4. The standard InChI is InChI=1S/C25H24F2N4O5/c1-32-23-14-22(8-5-19(23)15-33-13-12-31-11-10-28-30-31)34-16-20-17-35-24(29-20)9-4-18-2-6-21(7-3-18)36-25(26)27/h2-11,14,17,25H,12-13,15-16H2,1H3/b9-4+. The van der Waals surface area contributed by atoms with Crippen LogP contribution < -0.4 is 14.2 Å². The Kier molecular flexibility index (Phi) is 8.60. The lowest BCUT2D eigenvalue weighted by Crippen LogP contribution is -2.07. The number of hydrogen-bond acceptors (Lipinski definition) is 8. The summed E-state index contributed by atoms with van der Waals surface area (Å²) in [5.74, 6) is 1.75. The fourth-order valence-electron chi connectivity index (χ4n) is 3.18. The van der Waals surface area contributed by atoms with Gasteiger partial charge >= 0.3 is 6.61 Å². The van der Waals surface area contributed by atoms with Crippen molar-refractivity contribution in [1.29, 1.82) is 0 Å². The molecule has 2 aromatic carbocycles. The van der Waals surface area contributed by atoms with Crippen molar-refractivity contribution in [3.63, 3.8) is 0 Å². The molecule has 0 aliphatic carbocycles. The van der Waals surface area contributed by atoms with E-state index in [2.05, 4.69) is 20.0 Å². The zero-order chi connectivity index (χ0) is 25.2. The second-order valence-corrected chi connectivity index (χ2v) is 7.44. The Labute approximate surface area is 205 Å². The number of rotatable bonds is 13. The van der Waals surface area contributed by atoms with Crippen molar-refractivity contribution in [2.24, 2.45) is 0 Å². The molecule has 0 radical (unpaired) electrons. The number of alkyl halides is 2. The number of oxazole rings is 1. The molecule has 0 spiro atoms. The van der Waals surface area contributed by atoms with Gasteiger partial charge in [0.25, 0.3) is 0 Å². The van der Waals surface area contributed by atoms with Crippen molar-refractivity contribution >= 4 is 12.2 Å². The molecule has 0 fully saturated rings. The Morgan fingerprint density at radius 1 is 1.06 bits per heavy atom. The van der Waals surface area contributed by atoms with E-state index in [1.807, 2.05) is 12.1 Å². The minimum Gasteiger partial charge on any atom is -0.496 e. The molecular weight excluding hydrogens is 474 g/mol. The highest BCUT2D eigenvalue weighted by molar-refractivity contribution is 5.66. The Hall–Kier alpha value is -4.25. The molecule has 2 aromatic heterocycles. The third-order valence-electron chi connectivity index (χ3n) is 4.93. The van der Waals surface area contributed by atoms with Crippen molar-refractivity contribution in [2.75, 3.05) is 13.7 Å². The molecule has 11 heteroatoms. The van der Waals surface area contributed by atoms with Crippen LogP contribution in [0.3, 0.4) is 0 Å². The summed E-state index contributed by atoms with van der Waals surface area (Å²) in [6, 6.07) is 11.7. The van der Waals surface area contributed by atoms with Gasteiger partial charge in [-0.2, -0.15) is 8.78 Å². The van der Waals surface area contributed by atoms with E-state index < -0.39 is 6.61 Å². The predicted octanol–water partition coefficient (Wildman–Crippen LogP) is 4.84. The number of benzene rings is 2. The number of hydrogen-bond donors (Lipinski definition) is 0. The molecule has 0 saturated carbocycles. The molecule has 0 bridgehead atoms. The third kappa shape index (κ3) is 7.37. The van der Waals surface area contributed by atoms with Crippen LogP contribution in [0.25, 0.3) is 12.2 Å². The van der Waals surface area contributed by atoms with Gasteiger partial charge in [-0.3, -0.25) is 4.68 Å². The van der Waals surface area contributed by atoms with Crippen LogP contribution in [-0.4, -0.2) is 40.3 Å². The van der Waals surface area contributed by atoms with E-state index in [4.69, 9.17) is 18.6 Å². The molecule has 0 aliphatic heterocycles. The molecule has 0 unspecified atom stereocenters. The normalized spacial score (nSPS) is 11.3. The van der Waals surface area contributed by atoms with Crippen molar-refractivity contribution in [2.45, 2.75) is 26.4 Å². The van der Waals surface area contributed by atoms with Crippen molar-refractivity contribution < 1.29 is 32.1 Å². The van der Waals surface area contributed by atoms with Crippen LogP contribution in [-0.2, 0) is 24.5 Å². The summed E-state index contributed by atoms with van der Waals surface area (Å²) < 4.78 is 52.9. The lowest BCUT2D eigenvalue weighted by molar-refractivity contribution is -0.0498. The predicted molar refractivity (Wildman–Crippen MR) is 126 cm³/mol. The van der Waals surface area contributed by atoms with Gasteiger partial charge in [-0.15, -0.1) is 5.10 Å². The molecule has 0 aliphatic rings. The first kappa shape index (κ1) is 24.9. The first-order valence-corrected chi connectivity index (χ1v) is 11.0. The van der Waals surface area contributed by atoms with Gasteiger partial charge in [-0.1, -0.05) is 17.3 Å². The Bertz CT molecular complexity index is 1240. The van der Waals surface area contributed by atoms with Crippen LogP contribution in [0.5, 0.6) is 17.2 Å². The monoisotopic (exact) mass is 498 g/mol. The van der Waals surface area contributed by atoms with Gasteiger partial charge in [0.05, 0.1) is 33.1 Å². The quantitative estimate of drug-likeness (QED) is 0.242. The van der Waals surface area contributed by atoms with E-state index in [1.54, 1.807) is 54.5 Å². The lowest BCUT2D eigenvalue weighted by atomic mass is 10.2. The second kappa shape index (κ2) is 12.5. The number of ether oxygens (including phenoxy) is 4. The Morgan fingerprint density at radius 2 is 1.89 bits per heavy atom. The minimum absolute atomic E-state index is 0.0954. The maximum atomic E-state index is 12.2. The van der Waals surface area contributed by atoms with Crippen molar-refractivity contribution in [1.82, 2.24) is 20.0 Å². The zero-order valence-electron chi connectivity index (χ0n) is 19.4. The third-order valence-corrected chi connectivity index (χ3v) is 4.93. The maximum absolute atomic E-state index is 12.2. The average Bonchev–Trinajstić information content (AvgIpc) is 3.57. The molecule has 0 N–H and O–H groups in total. The average molecular weight is 498 g/mol. The molecule has 0 saturated heterocycles. The van der Waals surface area contributed by atoms with Crippen LogP contribution in [0.2, 0.25) is 0 Å². The van der Waals surface area contributed by atoms with E-state index in [9.17, 15) is 8.78 Å². The topological polar surface area (TPSA) is 93.7 Å². The summed E-state index contributed by atoms with van der Waals surface area (Å²) in [7, 11) is 1.59. The van der Waals surface area contributed by atoms with Crippen molar-refractivity contribution in [3.05, 3.63) is 83.8 Å². The first-order valence-electron chi connectivity index (χ1n) is 11.0. The molecule has 188 valence electrons. The van der Waals surface area contributed by atoms with Crippen LogP contribution in [0.15, 0.2) is 65.5 Å². The van der Waals surface area contributed by atoms with Gasteiger partial charge < -0.3 is 23.4 Å². The number of nitrogens with zero attached hydrogens (tertiary/aromatic N) is 4. The van der Waals surface area contributed by atoms with E-state index in [1.165, 1.54) is 18.4 Å². The number of halogens is 2. The molecule has 0 amide bonds. The first-order chi connectivity index (χ1) is 17.6. The van der Waals surface area contributed by atoms with Gasteiger partial charge in [0.1, 0.15) is 35.8 Å². The summed E-state index contributed by atoms with van der Waals surface area (Å²) in [6.07, 6.45) is 8.33. The molecule has 9 nitrogen and oxygen atoms in total. The Balaban J connectivity index is 1.26. The van der Waals surface area contributed by atoms with Crippen LogP contribution in [0.4, 0.5) is 8.78 Å². The summed E-state index contributed by atoms with van der Waals surface area (Å²) in [4.78, 5) is 4.36. The molecule has 36 heavy (non-hydrogen) atoms. The second-order valence-electron chi connectivity index (χ2n) is 7.44.